The maximum Gasteiger partial charge on any atom is 0.262 e. The van der Waals surface area contributed by atoms with Gasteiger partial charge in [0, 0.05) is 11.9 Å². The largest absolute Gasteiger partial charge is 0.471 e. The molecule has 1 heterocycles. The Morgan fingerprint density at radius 3 is 2.16 bits per heavy atom. The van der Waals surface area contributed by atoms with Crippen molar-refractivity contribution in [1.82, 2.24) is 9.78 Å². The molecule has 0 radical (unpaired) electrons. The van der Waals surface area contributed by atoms with Gasteiger partial charge in [-0.15, -0.1) is 5.10 Å². The van der Waals surface area contributed by atoms with Crippen molar-refractivity contribution in [3.8, 4) is 17.4 Å². The lowest BCUT2D eigenvalue weighted by molar-refractivity contribution is 0.102. The Bertz CT molecular complexity index is 1540. The number of nitrogens with one attached hydrogen (secondary N) is 1. The van der Waals surface area contributed by atoms with Crippen LogP contribution in [0.2, 0.25) is 0 Å². The second kappa shape index (κ2) is 11.4. The van der Waals surface area contributed by atoms with Crippen LogP contribution in [0.4, 0.5) is 14.5 Å². The van der Waals surface area contributed by atoms with Crippen molar-refractivity contribution >= 4 is 11.6 Å². The molecule has 190 valence electrons. The molecule has 5 aromatic rings. The van der Waals surface area contributed by atoms with E-state index in [2.05, 4.69) is 10.4 Å². The number of benzene rings is 4. The first-order valence-corrected chi connectivity index (χ1v) is 11.9. The SMILES string of the molecule is O=C(Nc1ccc(Oc2ccccc2)cc1)c1cn(Cc2cccc(F)c2)nc1OCc1cccc(F)c1. The van der Waals surface area contributed by atoms with Crippen molar-refractivity contribution in [2.45, 2.75) is 13.2 Å². The average molecular weight is 512 g/mol. The van der Waals surface area contributed by atoms with E-state index in [0.717, 1.165) is 0 Å². The Morgan fingerprint density at radius 1 is 0.789 bits per heavy atom. The van der Waals surface area contributed by atoms with Gasteiger partial charge < -0.3 is 14.8 Å². The number of rotatable bonds is 9. The number of para-hydroxylation sites is 1. The number of anilines is 1. The molecule has 0 aliphatic rings. The van der Waals surface area contributed by atoms with Gasteiger partial charge in [-0.1, -0.05) is 42.5 Å². The lowest BCUT2D eigenvalue weighted by atomic mass is 10.2. The third-order valence-electron chi connectivity index (χ3n) is 5.56. The van der Waals surface area contributed by atoms with Gasteiger partial charge >= 0.3 is 0 Å². The maximum absolute atomic E-state index is 13.7. The highest BCUT2D eigenvalue weighted by molar-refractivity contribution is 6.05. The molecule has 0 fully saturated rings. The fraction of sp³-hybridized carbons (Fsp3) is 0.0667. The summed E-state index contributed by atoms with van der Waals surface area (Å²) in [6, 6.07) is 28.4. The topological polar surface area (TPSA) is 65.4 Å². The van der Waals surface area contributed by atoms with E-state index < -0.39 is 5.91 Å². The van der Waals surface area contributed by atoms with Crippen LogP contribution in [0.3, 0.4) is 0 Å². The standard InChI is InChI=1S/C30H23F2N3O3/c31-23-8-4-6-21(16-23)18-35-19-28(30(34-35)37-20-22-7-5-9-24(32)17-22)29(36)33-25-12-14-27(15-13-25)38-26-10-2-1-3-11-26/h1-17,19H,18,20H2,(H,33,36). The summed E-state index contributed by atoms with van der Waals surface area (Å²) in [6.07, 6.45) is 1.54. The van der Waals surface area contributed by atoms with Gasteiger partial charge in [0.25, 0.3) is 5.91 Å². The fourth-order valence-electron chi connectivity index (χ4n) is 3.78. The van der Waals surface area contributed by atoms with Crippen LogP contribution in [0.1, 0.15) is 21.5 Å². The number of aromatic nitrogens is 2. The van der Waals surface area contributed by atoms with E-state index in [-0.39, 0.29) is 36.2 Å². The zero-order chi connectivity index (χ0) is 26.3. The molecule has 0 spiro atoms. The van der Waals surface area contributed by atoms with Crippen LogP contribution >= 0.6 is 0 Å². The van der Waals surface area contributed by atoms with E-state index in [1.165, 1.54) is 35.1 Å². The lowest BCUT2D eigenvalue weighted by Crippen LogP contribution is -2.12. The van der Waals surface area contributed by atoms with E-state index in [1.54, 1.807) is 48.5 Å². The van der Waals surface area contributed by atoms with Crippen molar-refractivity contribution in [2.75, 3.05) is 5.32 Å². The molecule has 0 saturated heterocycles. The van der Waals surface area contributed by atoms with Gasteiger partial charge in [0.15, 0.2) is 0 Å². The van der Waals surface area contributed by atoms with E-state index >= 15 is 0 Å². The Balaban J connectivity index is 1.33. The van der Waals surface area contributed by atoms with E-state index in [4.69, 9.17) is 9.47 Å². The second-order valence-electron chi connectivity index (χ2n) is 8.49. The molecule has 0 saturated carbocycles. The highest BCUT2D eigenvalue weighted by Gasteiger charge is 2.19. The fourth-order valence-corrected chi connectivity index (χ4v) is 3.78. The molecule has 1 amide bonds. The molecule has 0 unspecified atom stereocenters. The molecular weight excluding hydrogens is 488 g/mol. The quantitative estimate of drug-likeness (QED) is 0.236. The van der Waals surface area contributed by atoms with Crippen molar-refractivity contribution in [2.24, 2.45) is 0 Å². The van der Waals surface area contributed by atoms with Gasteiger partial charge in [-0.05, 0) is 71.8 Å². The van der Waals surface area contributed by atoms with Gasteiger partial charge in [0.1, 0.15) is 35.3 Å². The number of hydrogen-bond acceptors (Lipinski definition) is 4. The van der Waals surface area contributed by atoms with E-state index in [0.29, 0.717) is 28.3 Å². The van der Waals surface area contributed by atoms with Gasteiger partial charge in [-0.3, -0.25) is 9.48 Å². The Kier molecular flexibility index (Phi) is 7.40. The molecule has 0 atom stereocenters. The van der Waals surface area contributed by atoms with Gasteiger partial charge in [-0.2, -0.15) is 0 Å². The van der Waals surface area contributed by atoms with Crippen molar-refractivity contribution in [3.63, 3.8) is 0 Å². The van der Waals surface area contributed by atoms with E-state index in [1.807, 2.05) is 30.3 Å². The second-order valence-corrected chi connectivity index (χ2v) is 8.49. The summed E-state index contributed by atoms with van der Waals surface area (Å²) in [4.78, 5) is 13.2. The molecule has 0 aliphatic carbocycles. The molecule has 38 heavy (non-hydrogen) atoms. The average Bonchev–Trinajstić information content (AvgIpc) is 3.32. The molecule has 5 rings (SSSR count). The Hall–Kier alpha value is -4.98. The van der Waals surface area contributed by atoms with E-state index in [9.17, 15) is 13.6 Å². The van der Waals surface area contributed by atoms with Crippen molar-refractivity contribution in [3.05, 3.63) is 138 Å². The van der Waals surface area contributed by atoms with Crippen molar-refractivity contribution in [1.29, 1.82) is 0 Å². The minimum Gasteiger partial charge on any atom is -0.471 e. The molecule has 1 aromatic heterocycles. The van der Waals surface area contributed by atoms with Crippen LogP contribution in [-0.4, -0.2) is 15.7 Å². The first kappa shape index (κ1) is 24.7. The number of carbonyl (C=O) groups excluding carboxylic acids is 1. The summed E-state index contributed by atoms with van der Waals surface area (Å²) in [5.74, 6) is 0.204. The third-order valence-corrected chi connectivity index (χ3v) is 5.56. The third kappa shape index (κ3) is 6.41. The summed E-state index contributed by atoms with van der Waals surface area (Å²) in [6.45, 7) is 0.243. The summed E-state index contributed by atoms with van der Waals surface area (Å²) < 4.78 is 40.4. The Morgan fingerprint density at radius 2 is 1.45 bits per heavy atom. The van der Waals surface area contributed by atoms with Crippen LogP contribution < -0.4 is 14.8 Å². The van der Waals surface area contributed by atoms with Crippen LogP contribution in [0.15, 0.2) is 109 Å². The summed E-state index contributed by atoms with van der Waals surface area (Å²) in [7, 11) is 0. The first-order valence-electron chi connectivity index (χ1n) is 11.9. The zero-order valence-electron chi connectivity index (χ0n) is 20.2. The van der Waals surface area contributed by atoms with Crippen LogP contribution in [0.25, 0.3) is 0 Å². The minimum absolute atomic E-state index is 0.0144. The Labute approximate surface area is 218 Å². The number of halogens is 2. The van der Waals surface area contributed by atoms with Crippen LogP contribution in [0, 0.1) is 11.6 Å². The molecular formula is C30H23F2N3O3. The molecule has 4 aromatic carbocycles. The molecule has 0 bridgehead atoms. The highest BCUT2D eigenvalue weighted by Crippen LogP contribution is 2.24. The summed E-state index contributed by atoms with van der Waals surface area (Å²) in [5, 5.41) is 7.23. The van der Waals surface area contributed by atoms with Crippen molar-refractivity contribution < 1.29 is 23.0 Å². The predicted molar refractivity (Wildman–Crippen MR) is 139 cm³/mol. The van der Waals surface area contributed by atoms with Crippen LogP contribution in [-0.2, 0) is 13.2 Å². The van der Waals surface area contributed by atoms with Gasteiger partial charge in [0.2, 0.25) is 5.88 Å². The first-order chi connectivity index (χ1) is 18.5. The summed E-state index contributed by atoms with van der Waals surface area (Å²) >= 11 is 0. The predicted octanol–water partition coefficient (Wildman–Crippen LogP) is 6.83. The molecule has 0 aliphatic heterocycles. The number of ether oxygens (including phenoxy) is 2. The normalized spacial score (nSPS) is 10.7. The molecule has 8 heteroatoms. The monoisotopic (exact) mass is 511 g/mol. The maximum atomic E-state index is 13.7. The molecule has 1 N–H and O–H groups in total. The number of amides is 1. The smallest absolute Gasteiger partial charge is 0.262 e. The van der Waals surface area contributed by atoms with Crippen LogP contribution in [0.5, 0.6) is 17.4 Å². The minimum atomic E-state index is -0.443. The lowest BCUT2D eigenvalue weighted by Gasteiger charge is -2.09. The molecule has 6 nitrogen and oxygen atoms in total. The number of carbonyl (C=O) groups is 1. The highest BCUT2D eigenvalue weighted by atomic mass is 19.1. The summed E-state index contributed by atoms with van der Waals surface area (Å²) in [5.41, 5.74) is 1.99. The zero-order valence-corrected chi connectivity index (χ0v) is 20.2. The van der Waals surface area contributed by atoms with Gasteiger partial charge in [0.05, 0.1) is 6.54 Å². The number of nitrogens with zero attached hydrogens (tertiary/aromatic N) is 2. The van der Waals surface area contributed by atoms with Gasteiger partial charge in [-0.25, -0.2) is 8.78 Å². The number of hydrogen-bond donors (Lipinski definition) is 1.